The minimum atomic E-state index is 0.805. The van der Waals surface area contributed by atoms with Crippen LogP contribution in [0.3, 0.4) is 0 Å². The highest BCUT2D eigenvalue weighted by Gasteiger charge is 2.04. The molecule has 0 bridgehead atoms. The number of nitrogens with zero attached hydrogens (tertiary/aromatic N) is 2. The summed E-state index contributed by atoms with van der Waals surface area (Å²) >= 11 is 3.37. The number of halogens is 1. The van der Waals surface area contributed by atoms with E-state index in [0.717, 1.165) is 27.9 Å². The molecule has 4 nitrogen and oxygen atoms in total. The Morgan fingerprint density at radius 1 is 1.62 bits per heavy atom. The Morgan fingerprint density at radius 3 is 3.23 bits per heavy atom. The van der Waals surface area contributed by atoms with Crippen LogP contribution in [0.5, 0.6) is 0 Å². The van der Waals surface area contributed by atoms with E-state index < -0.39 is 0 Å². The lowest BCUT2D eigenvalue weighted by molar-refractivity contribution is 1.07. The second-order valence-corrected chi connectivity index (χ2v) is 3.57. The van der Waals surface area contributed by atoms with Gasteiger partial charge in [-0.2, -0.15) is 5.10 Å². The van der Waals surface area contributed by atoms with Gasteiger partial charge in [0, 0.05) is 17.2 Å². The van der Waals surface area contributed by atoms with Gasteiger partial charge in [0.1, 0.15) is 0 Å². The van der Waals surface area contributed by atoms with E-state index in [2.05, 4.69) is 36.4 Å². The van der Waals surface area contributed by atoms with Gasteiger partial charge < -0.3 is 5.32 Å². The predicted octanol–water partition coefficient (Wildman–Crippen LogP) is 2.15. The molecule has 0 unspecified atom stereocenters. The van der Waals surface area contributed by atoms with Crippen molar-refractivity contribution >= 4 is 32.8 Å². The molecule has 0 atom stereocenters. The molecule has 2 rings (SSSR count). The van der Waals surface area contributed by atoms with Crippen LogP contribution in [0.15, 0.2) is 16.7 Å². The molecule has 0 aliphatic rings. The van der Waals surface area contributed by atoms with Gasteiger partial charge in [-0.25, -0.2) is 4.98 Å². The third kappa shape index (κ3) is 1.51. The molecule has 0 fully saturated rings. The minimum Gasteiger partial charge on any atom is -0.368 e. The number of pyridine rings is 1. The second kappa shape index (κ2) is 3.33. The van der Waals surface area contributed by atoms with Crippen molar-refractivity contribution in [2.75, 3.05) is 11.9 Å². The Morgan fingerprint density at radius 2 is 2.46 bits per heavy atom. The summed E-state index contributed by atoms with van der Waals surface area (Å²) in [6, 6.07) is 1.99. The molecule has 0 aromatic carbocycles. The molecule has 0 spiro atoms. The van der Waals surface area contributed by atoms with E-state index in [0.29, 0.717) is 0 Å². The molecule has 5 heteroatoms. The van der Waals surface area contributed by atoms with E-state index in [1.807, 2.05) is 13.0 Å². The van der Waals surface area contributed by atoms with Crippen LogP contribution in [-0.2, 0) is 0 Å². The third-order valence-corrected chi connectivity index (χ3v) is 2.16. The molecule has 0 saturated carbocycles. The van der Waals surface area contributed by atoms with E-state index in [1.54, 1.807) is 6.20 Å². The monoisotopic (exact) mass is 240 g/mol. The standard InChI is InChI=1S/C8H9BrN4/c1-2-10-7-6-3-5(9)4-11-8(6)13-12-7/h3-4H,2H2,1H3,(H2,10,11,12,13). The highest BCUT2D eigenvalue weighted by atomic mass is 79.9. The fourth-order valence-electron chi connectivity index (χ4n) is 1.18. The van der Waals surface area contributed by atoms with Crippen molar-refractivity contribution in [2.24, 2.45) is 0 Å². The van der Waals surface area contributed by atoms with Gasteiger partial charge in [0.15, 0.2) is 11.5 Å². The topological polar surface area (TPSA) is 53.6 Å². The van der Waals surface area contributed by atoms with Crippen LogP contribution in [0.1, 0.15) is 6.92 Å². The van der Waals surface area contributed by atoms with Crippen molar-refractivity contribution < 1.29 is 0 Å². The Hall–Kier alpha value is -1.10. The molecular formula is C8H9BrN4. The van der Waals surface area contributed by atoms with Crippen LogP contribution in [0.2, 0.25) is 0 Å². The van der Waals surface area contributed by atoms with Gasteiger partial charge in [0.25, 0.3) is 0 Å². The Labute approximate surface area is 83.9 Å². The van der Waals surface area contributed by atoms with Crippen molar-refractivity contribution in [1.82, 2.24) is 15.2 Å². The first-order valence-electron chi connectivity index (χ1n) is 4.04. The number of fused-ring (bicyclic) bond motifs is 1. The fourth-order valence-corrected chi connectivity index (χ4v) is 1.51. The largest absolute Gasteiger partial charge is 0.368 e. The lowest BCUT2D eigenvalue weighted by atomic mass is 10.3. The smallest absolute Gasteiger partial charge is 0.157 e. The van der Waals surface area contributed by atoms with Crippen molar-refractivity contribution in [3.8, 4) is 0 Å². The van der Waals surface area contributed by atoms with Crippen LogP contribution < -0.4 is 5.32 Å². The molecule has 0 radical (unpaired) electrons. The Bertz CT molecular complexity index is 423. The first-order valence-corrected chi connectivity index (χ1v) is 4.84. The predicted molar refractivity (Wildman–Crippen MR) is 55.8 cm³/mol. The summed E-state index contributed by atoms with van der Waals surface area (Å²) in [6.07, 6.45) is 1.75. The number of rotatable bonds is 2. The SMILES string of the molecule is CCNc1n[nH]c2ncc(Br)cc12. The molecule has 0 aliphatic heterocycles. The highest BCUT2D eigenvalue weighted by molar-refractivity contribution is 9.10. The Kier molecular flexibility index (Phi) is 2.18. The Balaban J connectivity index is 2.58. The summed E-state index contributed by atoms with van der Waals surface area (Å²) in [5.41, 5.74) is 0.805. The summed E-state index contributed by atoms with van der Waals surface area (Å²) < 4.78 is 0.959. The number of hydrogen-bond acceptors (Lipinski definition) is 3. The van der Waals surface area contributed by atoms with Crippen LogP contribution in [0.4, 0.5) is 5.82 Å². The lowest BCUT2D eigenvalue weighted by Crippen LogP contribution is -1.96. The van der Waals surface area contributed by atoms with Gasteiger partial charge in [-0.05, 0) is 28.9 Å². The highest BCUT2D eigenvalue weighted by Crippen LogP contribution is 2.21. The van der Waals surface area contributed by atoms with E-state index in [1.165, 1.54) is 0 Å². The molecule has 0 amide bonds. The van der Waals surface area contributed by atoms with Crippen molar-refractivity contribution in [3.05, 3.63) is 16.7 Å². The van der Waals surface area contributed by atoms with Crippen LogP contribution in [0, 0.1) is 0 Å². The zero-order valence-electron chi connectivity index (χ0n) is 7.13. The van der Waals surface area contributed by atoms with E-state index in [-0.39, 0.29) is 0 Å². The van der Waals surface area contributed by atoms with Gasteiger partial charge in [0.2, 0.25) is 0 Å². The van der Waals surface area contributed by atoms with Gasteiger partial charge in [-0.1, -0.05) is 0 Å². The number of aromatic nitrogens is 3. The summed E-state index contributed by atoms with van der Waals surface area (Å²) in [6.45, 7) is 2.89. The van der Waals surface area contributed by atoms with Gasteiger partial charge in [-0.3, -0.25) is 5.10 Å². The van der Waals surface area contributed by atoms with Crippen LogP contribution in [-0.4, -0.2) is 21.7 Å². The van der Waals surface area contributed by atoms with E-state index in [9.17, 15) is 0 Å². The van der Waals surface area contributed by atoms with Crippen LogP contribution in [0.25, 0.3) is 11.0 Å². The van der Waals surface area contributed by atoms with E-state index >= 15 is 0 Å². The van der Waals surface area contributed by atoms with Gasteiger partial charge >= 0.3 is 0 Å². The fraction of sp³-hybridized carbons (Fsp3) is 0.250. The second-order valence-electron chi connectivity index (χ2n) is 2.65. The molecule has 13 heavy (non-hydrogen) atoms. The maximum atomic E-state index is 4.18. The van der Waals surface area contributed by atoms with Gasteiger partial charge in [0.05, 0.1) is 5.39 Å². The van der Waals surface area contributed by atoms with Crippen molar-refractivity contribution in [3.63, 3.8) is 0 Å². The molecule has 2 N–H and O–H groups in total. The molecule has 2 heterocycles. The number of nitrogens with one attached hydrogen (secondary N) is 2. The summed E-state index contributed by atoms with van der Waals surface area (Å²) in [5, 5.41) is 11.1. The zero-order valence-corrected chi connectivity index (χ0v) is 8.72. The number of anilines is 1. The summed E-state index contributed by atoms with van der Waals surface area (Å²) in [5.74, 6) is 0.853. The van der Waals surface area contributed by atoms with Crippen molar-refractivity contribution in [1.29, 1.82) is 0 Å². The quantitative estimate of drug-likeness (QED) is 0.846. The minimum absolute atomic E-state index is 0.805. The van der Waals surface area contributed by atoms with Crippen molar-refractivity contribution in [2.45, 2.75) is 6.92 Å². The maximum Gasteiger partial charge on any atom is 0.157 e. The average Bonchev–Trinajstić information content (AvgIpc) is 2.49. The van der Waals surface area contributed by atoms with Gasteiger partial charge in [-0.15, -0.1) is 0 Å². The molecule has 68 valence electrons. The maximum absolute atomic E-state index is 4.18. The zero-order chi connectivity index (χ0) is 9.26. The number of hydrogen-bond donors (Lipinski definition) is 2. The first kappa shape index (κ1) is 8.50. The first-order chi connectivity index (χ1) is 6.31. The molecular weight excluding hydrogens is 232 g/mol. The molecule has 2 aromatic heterocycles. The van der Waals surface area contributed by atoms with E-state index in [4.69, 9.17) is 0 Å². The molecule has 0 aliphatic carbocycles. The lowest BCUT2D eigenvalue weighted by Gasteiger charge is -1.97. The average molecular weight is 241 g/mol. The number of aromatic amines is 1. The number of H-pyrrole nitrogens is 1. The normalized spacial score (nSPS) is 10.6. The van der Waals surface area contributed by atoms with Crippen LogP contribution >= 0.6 is 15.9 Å². The summed E-state index contributed by atoms with van der Waals surface area (Å²) in [7, 11) is 0. The third-order valence-electron chi connectivity index (χ3n) is 1.73. The molecule has 2 aromatic rings. The molecule has 0 saturated heterocycles. The summed E-state index contributed by atoms with van der Waals surface area (Å²) in [4.78, 5) is 4.18.